The van der Waals surface area contributed by atoms with Gasteiger partial charge in [0.25, 0.3) is 0 Å². The summed E-state index contributed by atoms with van der Waals surface area (Å²) in [6.45, 7) is 2.61. The molecule has 0 aromatic heterocycles. The average molecular weight is 291 g/mol. The van der Waals surface area contributed by atoms with Crippen molar-refractivity contribution in [1.29, 1.82) is 0 Å². The standard InChI is InChI=1S/C17H16F3N/c1-10-8-11(9-21-12-3-4-12)2-5-13(10)14-6-7-15(18)17(20)16(14)19/h2,5-8,12,21H,3-4,9H2,1H3. The Morgan fingerprint density at radius 3 is 2.38 bits per heavy atom. The van der Waals surface area contributed by atoms with Crippen LogP contribution in [0.3, 0.4) is 0 Å². The summed E-state index contributed by atoms with van der Waals surface area (Å²) in [7, 11) is 0. The molecule has 0 saturated heterocycles. The van der Waals surface area contributed by atoms with Gasteiger partial charge in [-0.05, 0) is 48.6 Å². The molecule has 0 amide bonds. The van der Waals surface area contributed by atoms with Gasteiger partial charge in [0.2, 0.25) is 0 Å². The van der Waals surface area contributed by atoms with Crippen LogP contribution in [0.15, 0.2) is 30.3 Å². The molecule has 2 aromatic rings. The van der Waals surface area contributed by atoms with Crippen LogP contribution in [-0.4, -0.2) is 6.04 Å². The molecule has 0 heterocycles. The number of benzene rings is 2. The number of hydrogen-bond acceptors (Lipinski definition) is 1. The summed E-state index contributed by atoms with van der Waals surface area (Å²) in [5, 5.41) is 3.40. The Hall–Kier alpha value is -1.81. The fraction of sp³-hybridized carbons (Fsp3) is 0.294. The highest BCUT2D eigenvalue weighted by atomic mass is 19.2. The Balaban J connectivity index is 1.89. The van der Waals surface area contributed by atoms with Crippen molar-refractivity contribution < 1.29 is 13.2 Å². The van der Waals surface area contributed by atoms with Crippen molar-refractivity contribution in [2.45, 2.75) is 32.4 Å². The normalized spacial score (nSPS) is 14.5. The van der Waals surface area contributed by atoms with Crippen molar-refractivity contribution in [3.8, 4) is 11.1 Å². The lowest BCUT2D eigenvalue weighted by atomic mass is 9.97. The summed E-state index contributed by atoms with van der Waals surface area (Å²) in [6.07, 6.45) is 2.44. The van der Waals surface area contributed by atoms with E-state index in [-0.39, 0.29) is 5.56 Å². The van der Waals surface area contributed by atoms with Crippen LogP contribution in [0.5, 0.6) is 0 Å². The fourth-order valence-corrected chi connectivity index (χ4v) is 2.42. The monoisotopic (exact) mass is 291 g/mol. The molecular weight excluding hydrogens is 275 g/mol. The molecule has 0 bridgehead atoms. The van der Waals surface area contributed by atoms with E-state index in [1.54, 1.807) is 6.07 Å². The molecule has 4 heteroatoms. The summed E-state index contributed by atoms with van der Waals surface area (Å²) in [4.78, 5) is 0. The maximum Gasteiger partial charge on any atom is 0.195 e. The lowest BCUT2D eigenvalue weighted by molar-refractivity contribution is 0.449. The third-order valence-electron chi connectivity index (χ3n) is 3.79. The highest BCUT2D eigenvalue weighted by Crippen LogP contribution is 2.29. The first-order chi connectivity index (χ1) is 10.1. The molecular formula is C17H16F3N. The Kier molecular flexibility index (Phi) is 3.72. The zero-order chi connectivity index (χ0) is 15.0. The van der Waals surface area contributed by atoms with Crippen molar-refractivity contribution in [1.82, 2.24) is 5.32 Å². The molecule has 1 N–H and O–H groups in total. The van der Waals surface area contributed by atoms with Gasteiger partial charge in [-0.1, -0.05) is 18.2 Å². The van der Waals surface area contributed by atoms with Crippen LogP contribution in [0.25, 0.3) is 11.1 Å². The van der Waals surface area contributed by atoms with Gasteiger partial charge in [0.05, 0.1) is 0 Å². The summed E-state index contributed by atoms with van der Waals surface area (Å²) in [6, 6.07) is 8.45. The van der Waals surface area contributed by atoms with Gasteiger partial charge in [-0.25, -0.2) is 13.2 Å². The Morgan fingerprint density at radius 2 is 1.71 bits per heavy atom. The molecule has 0 spiro atoms. The van der Waals surface area contributed by atoms with Crippen LogP contribution in [0.1, 0.15) is 24.0 Å². The van der Waals surface area contributed by atoms with Gasteiger partial charge in [-0.3, -0.25) is 0 Å². The zero-order valence-electron chi connectivity index (χ0n) is 11.7. The van der Waals surface area contributed by atoms with Gasteiger partial charge in [0.15, 0.2) is 17.5 Å². The molecule has 0 unspecified atom stereocenters. The van der Waals surface area contributed by atoms with Crippen LogP contribution in [0, 0.1) is 24.4 Å². The van der Waals surface area contributed by atoms with E-state index in [0.29, 0.717) is 11.6 Å². The molecule has 110 valence electrons. The van der Waals surface area contributed by atoms with Crippen molar-refractivity contribution >= 4 is 0 Å². The molecule has 1 fully saturated rings. The largest absolute Gasteiger partial charge is 0.310 e. The molecule has 1 nitrogen and oxygen atoms in total. The average Bonchev–Trinajstić information content (AvgIpc) is 3.28. The molecule has 2 aromatic carbocycles. The van der Waals surface area contributed by atoms with Gasteiger partial charge in [0, 0.05) is 18.2 Å². The fourth-order valence-electron chi connectivity index (χ4n) is 2.42. The minimum absolute atomic E-state index is 0.0908. The van der Waals surface area contributed by atoms with Gasteiger partial charge in [-0.15, -0.1) is 0 Å². The van der Waals surface area contributed by atoms with Crippen molar-refractivity contribution in [2.75, 3.05) is 0 Å². The number of hydrogen-bond donors (Lipinski definition) is 1. The van der Waals surface area contributed by atoms with Gasteiger partial charge >= 0.3 is 0 Å². The molecule has 1 saturated carbocycles. The van der Waals surface area contributed by atoms with Crippen LogP contribution >= 0.6 is 0 Å². The second kappa shape index (κ2) is 5.53. The summed E-state index contributed by atoms with van der Waals surface area (Å²) in [5.41, 5.74) is 2.62. The topological polar surface area (TPSA) is 12.0 Å². The van der Waals surface area contributed by atoms with Crippen LogP contribution < -0.4 is 5.32 Å². The number of halogens is 3. The predicted octanol–water partition coefficient (Wildman–Crippen LogP) is 4.33. The van der Waals surface area contributed by atoms with Crippen LogP contribution in [0.2, 0.25) is 0 Å². The van der Waals surface area contributed by atoms with E-state index < -0.39 is 17.5 Å². The Morgan fingerprint density at radius 1 is 1.00 bits per heavy atom. The zero-order valence-corrected chi connectivity index (χ0v) is 11.7. The smallest absolute Gasteiger partial charge is 0.195 e. The second-order valence-electron chi connectivity index (χ2n) is 5.53. The maximum atomic E-state index is 13.9. The van der Waals surface area contributed by atoms with E-state index in [4.69, 9.17) is 0 Å². The molecule has 21 heavy (non-hydrogen) atoms. The molecule has 1 aliphatic rings. The Bertz CT molecular complexity index is 678. The molecule has 0 radical (unpaired) electrons. The number of rotatable bonds is 4. The van der Waals surface area contributed by atoms with Gasteiger partial charge in [0.1, 0.15) is 0 Å². The molecule has 0 aliphatic heterocycles. The van der Waals surface area contributed by atoms with Gasteiger partial charge < -0.3 is 5.32 Å². The van der Waals surface area contributed by atoms with Crippen LogP contribution in [-0.2, 0) is 6.54 Å². The lowest BCUT2D eigenvalue weighted by Crippen LogP contribution is -2.15. The highest BCUT2D eigenvalue weighted by Gasteiger charge is 2.20. The predicted molar refractivity (Wildman–Crippen MR) is 76.4 cm³/mol. The first kappa shape index (κ1) is 14.1. The second-order valence-corrected chi connectivity index (χ2v) is 5.53. The SMILES string of the molecule is Cc1cc(CNC2CC2)ccc1-c1ccc(F)c(F)c1F. The minimum Gasteiger partial charge on any atom is -0.310 e. The van der Waals surface area contributed by atoms with E-state index >= 15 is 0 Å². The lowest BCUT2D eigenvalue weighted by Gasteiger charge is -2.11. The molecule has 3 rings (SSSR count). The van der Waals surface area contributed by atoms with Gasteiger partial charge in [-0.2, -0.15) is 0 Å². The van der Waals surface area contributed by atoms with E-state index in [0.717, 1.165) is 23.7 Å². The first-order valence-electron chi connectivity index (χ1n) is 7.03. The first-order valence-corrected chi connectivity index (χ1v) is 7.03. The van der Waals surface area contributed by atoms with E-state index in [2.05, 4.69) is 5.32 Å². The summed E-state index contributed by atoms with van der Waals surface area (Å²) >= 11 is 0. The minimum atomic E-state index is -1.42. The highest BCUT2D eigenvalue weighted by molar-refractivity contribution is 5.68. The molecule has 1 aliphatic carbocycles. The quantitative estimate of drug-likeness (QED) is 0.827. The number of aryl methyl sites for hydroxylation is 1. The molecule has 0 atom stereocenters. The van der Waals surface area contributed by atoms with Crippen molar-refractivity contribution in [3.63, 3.8) is 0 Å². The van der Waals surface area contributed by atoms with Crippen LogP contribution in [0.4, 0.5) is 13.2 Å². The van der Waals surface area contributed by atoms with Crippen molar-refractivity contribution in [3.05, 3.63) is 58.9 Å². The van der Waals surface area contributed by atoms with Crippen molar-refractivity contribution in [2.24, 2.45) is 0 Å². The summed E-state index contributed by atoms with van der Waals surface area (Å²) in [5.74, 6) is -3.73. The third kappa shape index (κ3) is 2.95. The third-order valence-corrected chi connectivity index (χ3v) is 3.79. The maximum absolute atomic E-state index is 13.9. The van der Waals surface area contributed by atoms with E-state index in [1.807, 2.05) is 19.1 Å². The Labute approximate surface area is 121 Å². The van der Waals surface area contributed by atoms with E-state index in [1.165, 1.54) is 18.9 Å². The summed E-state index contributed by atoms with van der Waals surface area (Å²) < 4.78 is 40.2. The number of nitrogens with one attached hydrogen (secondary N) is 1. The van der Waals surface area contributed by atoms with E-state index in [9.17, 15) is 13.2 Å².